The Labute approximate surface area is 127 Å². The Balaban J connectivity index is 1.87. The molecule has 0 aliphatic carbocycles. The van der Waals surface area contributed by atoms with Crippen LogP contribution in [0.2, 0.25) is 0 Å². The summed E-state index contributed by atoms with van der Waals surface area (Å²) in [6, 6.07) is 10.2. The number of benzene rings is 1. The van der Waals surface area contributed by atoms with Crippen molar-refractivity contribution in [1.82, 2.24) is 15.2 Å². The first-order chi connectivity index (χ1) is 10.1. The minimum atomic E-state index is 0.500. The molecule has 0 atom stereocenters. The molecule has 1 aromatic carbocycles. The molecule has 3 aromatic rings. The summed E-state index contributed by atoms with van der Waals surface area (Å²) in [5.74, 6) is 0.500. The number of hydrogen-bond acceptors (Lipinski definition) is 5. The Morgan fingerprint density at radius 3 is 2.57 bits per heavy atom. The zero-order valence-corrected chi connectivity index (χ0v) is 12.8. The average Bonchev–Trinajstić information content (AvgIpc) is 2.97. The molecule has 0 bridgehead atoms. The molecule has 21 heavy (non-hydrogen) atoms. The van der Waals surface area contributed by atoms with Gasteiger partial charge >= 0.3 is 0 Å². The lowest BCUT2D eigenvalue weighted by Gasteiger charge is -2.07. The topological polar surface area (TPSA) is 64.7 Å². The van der Waals surface area contributed by atoms with Crippen molar-refractivity contribution in [2.24, 2.45) is 0 Å². The number of nitrogens with two attached hydrogens (primary N) is 1. The van der Waals surface area contributed by atoms with Gasteiger partial charge in [-0.05, 0) is 25.0 Å². The van der Waals surface area contributed by atoms with Crippen LogP contribution in [0.25, 0.3) is 11.3 Å². The highest BCUT2D eigenvalue weighted by molar-refractivity contribution is 7.10. The Morgan fingerprint density at radius 2 is 1.81 bits per heavy atom. The lowest BCUT2D eigenvalue weighted by Crippen LogP contribution is -2.05. The van der Waals surface area contributed by atoms with E-state index in [-0.39, 0.29) is 0 Å². The molecule has 2 heterocycles. The van der Waals surface area contributed by atoms with Gasteiger partial charge in [0, 0.05) is 17.4 Å². The molecule has 2 N–H and O–H groups in total. The molecule has 5 heteroatoms. The fraction of sp³-hybridized carbons (Fsp3) is 0.188. The fourth-order valence-corrected chi connectivity index (χ4v) is 2.93. The molecule has 0 saturated carbocycles. The van der Waals surface area contributed by atoms with E-state index in [9.17, 15) is 0 Å². The van der Waals surface area contributed by atoms with E-state index in [0.29, 0.717) is 12.2 Å². The van der Waals surface area contributed by atoms with Crippen molar-refractivity contribution < 1.29 is 0 Å². The summed E-state index contributed by atoms with van der Waals surface area (Å²) in [5.41, 5.74) is 11.0. The van der Waals surface area contributed by atoms with Crippen molar-refractivity contribution in [2.75, 3.05) is 5.73 Å². The number of nitrogens with zero attached hydrogens (tertiary/aromatic N) is 3. The summed E-state index contributed by atoms with van der Waals surface area (Å²) in [4.78, 5) is 4.69. The van der Waals surface area contributed by atoms with E-state index in [1.54, 1.807) is 11.3 Å². The van der Waals surface area contributed by atoms with E-state index in [1.165, 1.54) is 0 Å². The maximum absolute atomic E-state index is 5.78. The third-order valence-corrected chi connectivity index (χ3v) is 4.45. The molecule has 0 aliphatic rings. The van der Waals surface area contributed by atoms with E-state index in [4.69, 9.17) is 5.73 Å². The van der Waals surface area contributed by atoms with Crippen molar-refractivity contribution in [3.63, 3.8) is 0 Å². The van der Waals surface area contributed by atoms with Crippen LogP contribution in [0.3, 0.4) is 0 Å². The van der Waals surface area contributed by atoms with Gasteiger partial charge < -0.3 is 5.73 Å². The second-order valence-corrected chi connectivity index (χ2v) is 5.89. The monoisotopic (exact) mass is 296 g/mol. The first-order valence-corrected chi connectivity index (χ1v) is 7.61. The predicted octanol–water partition coefficient (Wildman–Crippen LogP) is 3.39. The van der Waals surface area contributed by atoms with Crippen molar-refractivity contribution in [3.05, 3.63) is 57.5 Å². The molecular weight excluding hydrogens is 280 g/mol. The third-order valence-electron chi connectivity index (χ3n) is 3.60. The lowest BCUT2D eigenvalue weighted by atomic mass is 10.1. The molecule has 3 rings (SSSR count). The maximum atomic E-state index is 5.78. The summed E-state index contributed by atoms with van der Waals surface area (Å²) >= 11 is 1.65. The number of nitrogen functional groups attached to an aromatic ring is 1. The molecule has 0 saturated heterocycles. The lowest BCUT2D eigenvalue weighted by molar-refractivity contribution is 0.909. The van der Waals surface area contributed by atoms with Gasteiger partial charge in [-0.1, -0.05) is 30.3 Å². The number of thiazole rings is 1. The SMILES string of the molecule is Cc1c(N)nnc(Cc2nc(-c3ccccc3)cs2)c1C. The molecule has 2 aromatic heterocycles. The molecule has 0 aliphatic heterocycles. The van der Waals surface area contributed by atoms with Gasteiger partial charge in [0.25, 0.3) is 0 Å². The highest BCUT2D eigenvalue weighted by Crippen LogP contribution is 2.24. The van der Waals surface area contributed by atoms with E-state index < -0.39 is 0 Å². The van der Waals surface area contributed by atoms with Crippen molar-refractivity contribution in [1.29, 1.82) is 0 Å². The number of rotatable bonds is 3. The van der Waals surface area contributed by atoms with Gasteiger partial charge in [0.05, 0.1) is 16.4 Å². The molecule has 0 spiro atoms. The minimum absolute atomic E-state index is 0.500. The van der Waals surface area contributed by atoms with Crippen molar-refractivity contribution >= 4 is 17.2 Å². The van der Waals surface area contributed by atoms with Gasteiger partial charge in [-0.3, -0.25) is 0 Å². The molecule has 106 valence electrons. The molecular formula is C16H16N4S. The van der Waals surface area contributed by atoms with E-state index in [1.807, 2.05) is 32.0 Å². The van der Waals surface area contributed by atoms with Crippen molar-refractivity contribution in [2.45, 2.75) is 20.3 Å². The largest absolute Gasteiger partial charge is 0.382 e. The second-order valence-electron chi connectivity index (χ2n) is 4.95. The summed E-state index contributed by atoms with van der Waals surface area (Å²) in [6.07, 6.45) is 0.692. The van der Waals surface area contributed by atoms with E-state index in [0.717, 1.165) is 33.1 Å². The minimum Gasteiger partial charge on any atom is -0.382 e. The zero-order valence-electron chi connectivity index (χ0n) is 12.0. The Morgan fingerprint density at radius 1 is 1.05 bits per heavy atom. The molecule has 0 radical (unpaired) electrons. The van der Waals surface area contributed by atoms with Crippen LogP contribution in [0.5, 0.6) is 0 Å². The average molecular weight is 296 g/mol. The highest BCUT2D eigenvalue weighted by atomic mass is 32.1. The van der Waals surface area contributed by atoms with Crippen molar-refractivity contribution in [3.8, 4) is 11.3 Å². The molecule has 4 nitrogen and oxygen atoms in total. The fourth-order valence-electron chi connectivity index (χ4n) is 2.12. The smallest absolute Gasteiger partial charge is 0.149 e. The third kappa shape index (κ3) is 2.78. The first kappa shape index (κ1) is 13.7. The first-order valence-electron chi connectivity index (χ1n) is 6.73. The Bertz CT molecular complexity index is 765. The Kier molecular flexibility index (Phi) is 3.66. The highest BCUT2D eigenvalue weighted by Gasteiger charge is 2.11. The van der Waals surface area contributed by atoms with Crippen LogP contribution < -0.4 is 5.73 Å². The quantitative estimate of drug-likeness (QED) is 0.804. The normalized spacial score (nSPS) is 10.8. The second kappa shape index (κ2) is 5.61. The number of aromatic nitrogens is 3. The van der Waals surface area contributed by atoms with Crippen LogP contribution in [0.4, 0.5) is 5.82 Å². The summed E-state index contributed by atoms with van der Waals surface area (Å²) in [7, 11) is 0. The van der Waals surface area contributed by atoms with Gasteiger partial charge in [0.1, 0.15) is 5.82 Å². The van der Waals surface area contributed by atoms with Crippen LogP contribution in [0, 0.1) is 13.8 Å². The molecule has 0 unspecified atom stereocenters. The Hall–Kier alpha value is -2.27. The van der Waals surface area contributed by atoms with Gasteiger partial charge in [-0.25, -0.2) is 4.98 Å². The maximum Gasteiger partial charge on any atom is 0.149 e. The number of hydrogen-bond donors (Lipinski definition) is 1. The zero-order chi connectivity index (χ0) is 14.8. The van der Waals surface area contributed by atoms with Crippen LogP contribution in [0.15, 0.2) is 35.7 Å². The van der Waals surface area contributed by atoms with Gasteiger partial charge in [-0.15, -0.1) is 16.4 Å². The van der Waals surface area contributed by atoms with Crippen LogP contribution in [-0.2, 0) is 6.42 Å². The predicted molar refractivity (Wildman–Crippen MR) is 86.3 cm³/mol. The van der Waals surface area contributed by atoms with Crippen LogP contribution in [-0.4, -0.2) is 15.2 Å². The van der Waals surface area contributed by atoms with Gasteiger partial charge in [-0.2, -0.15) is 5.10 Å². The molecule has 0 amide bonds. The van der Waals surface area contributed by atoms with Crippen LogP contribution in [0.1, 0.15) is 21.8 Å². The van der Waals surface area contributed by atoms with Crippen LogP contribution >= 0.6 is 11.3 Å². The van der Waals surface area contributed by atoms with Gasteiger partial charge in [0.15, 0.2) is 0 Å². The van der Waals surface area contributed by atoms with Gasteiger partial charge in [0.2, 0.25) is 0 Å². The summed E-state index contributed by atoms with van der Waals surface area (Å²) in [6.45, 7) is 4.00. The van der Waals surface area contributed by atoms with E-state index >= 15 is 0 Å². The number of anilines is 1. The summed E-state index contributed by atoms with van der Waals surface area (Å²) in [5, 5.41) is 11.3. The summed E-state index contributed by atoms with van der Waals surface area (Å²) < 4.78 is 0. The standard InChI is InChI=1S/C16H16N4S/c1-10-11(2)16(17)20-19-13(10)8-15-18-14(9-21-15)12-6-4-3-5-7-12/h3-7,9H,8H2,1-2H3,(H2,17,20). The molecule has 0 fully saturated rings. The van der Waals surface area contributed by atoms with E-state index in [2.05, 4.69) is 32.7 Å².